The lowest BCUT2D eigenvalue weighted by Gasteiger charge is -2.10. The van der Waals surface area contributed by atoms with Crippen LogP contribution in [0.3, 0.4) is 0 Å². The maximum Gasteiger partial charge on any atom is 0.404 e. The zero-order valence-electron chi connectivity index (χ0n) is 15.5. The third-order valence-electron chi connectivity index (χ3n) is 3.91. The number of primary amides is 1. The summed E-state index contributed by atoms with van der Waals surface area (Å²) >= 11 is 0. The molecule has 3 N–H and O–H groups in total. The van der Waals surface area contributed by atoms with E-state index < -0.39 is 12.1 Å². The molecule has 0 heterocycles. The fourth-order valence-corrected chi connectivity index (χ4v) is 2.44. The van der Waals surface area contributed by atoms with Crippen LogP contribution in [0.4, 0.5) is 10.5 Å². The molecule has 0 aliphatic rings. The first-order valence-corrected chi connectivity index (χ1v) is 8.85. The Morgan fingerprint density at radius 2 is 1.52 bits per heavy atom. The first-order chi connectivity index (χ1) is 14.1. The summed E-state index contributed by atoms with van der Waals surface area (Å²) in [5.41, 5.74) is 10.4. The van der Waals surface area contributed by atoms with Crippen LogP contribution in [-0.4, -0.2) is 12.1 Å². The lowest BCUT2D eigenvalue weighted by Crippen LogP contribution is -2.12. The van der Waals surface area contributed by atoms with Crippen molar-refractivity contribution in [1.82, 2.24) is 0 Å². The van der Waals surface area contributed by atoms with Crippen LogP contribution in [0.5, 0.6) is 5.75 Å². The Morgan fingerprint density at radius 1 is 0.828 bits per heavy atom. The Balaban J connectivity index is 1.50. The highest BCUT2D eigenvalue weighted by Crippen LogP contribution is 2.19. The highest BCUT2D eigenvalue weighted by atomic mass is 16.7. The second-order valence-corrected chi connectivity index (χ2v) is 6.10. The molecule has 0 saturated heterocycles. The third kappa shape index (κ3) is 6.28. The molecule has 148 valence electrons. The van der Waals surface area contributed by atoms with Crippen LogP contribution < -0.4 is 16.0 Å². The molecule has 0 aliphatic carbocycles. The normalized spacial score (nSPS) is 10.1. The smallest absolute Gasteiger partial charge is 0.404 e. The highest BCUT2D eigenvalue weighted by molar-refractivity contribution is 5.89. The second kappa shape index (κ2) is 9.80. The number of carbonyl (C=O) groups excluding carboxylic acids is 2. The molecule has 0 fully saturated rings. The highest BCUT2D eigenvalue weighted by Gasteiger charge is 2.07. The van der Waals surface area contributed by atoms with Gasteiger partial charge in [0.05, 0.1) is 11.3 Å². The minimum Gasteiger partial charge on any atom is -0.489 e. The van der Waals surface area contributed by atoms with E-state index in [0.717, 1.165) is 11.1 Å². The first kappa shape index (κ1) is 19.8. The Hall–Kier alpha value is -4.00. The number of hydrogen-bond donors (Lipinski definition) is 2. The number of nitrogens with one attached hydrogen (secondary N) is 1. The maximum absolute atomic E-state index is 12.0. The van der Waals surface area contributed by atoms with E-state index in [2.05, 4.69) is 5.48 Å². The van der Waals surface area contributed by atoms with Crippen molar-refractivity contribution in [1.29, 1.82) is 0 Å². The number of hydrogen-bond acceptors (Lipinski definition) is 6. The molecular formula is C22H20N2O5. The third-order valence-corrected chi connectivity index (χ3v) is 3.91. The van der Waals surface area contributed by atoms with Gasteiger partial charge in [-0.25, -0.2) is 15.1 Å². The largest absolute Gasteiger partial charge is 0.489 e. The average molecular weight is 392 g/mol. The molecule has 0 unspecified atom stereocenters. The van der Waals surface area contributed by atoms with Gasteiger partial charge in [-0.15, -0.1) is 0 Å². The molecule has 3 aromatic carbocycles. The van der Waals surface area contributed by atoms with Gasteiger partial charge in [-0.2, -0.15) is 0 Å². The van der Waals surface area contributed by atoms with Gasteiger partial charge in [0.1, 0.15) is 19.0 Å². The van der Waals surface area contributed by atoms with Gasteiger partial charge in [0.15, 0.2) is 0 Å². The number of ether oxygens (including phenoxy) is 2. The maximum atomic E-state index is 12.0. The fourth-order valence-electron chi connectivity index (χ4n) is 2.44. The van der Waals surface area contributed by atoms with E-state index in [9.17, 15) is 9.59 Å². The minimum absolute atomic E-state index is 0.131. The van der Waals surface area contributed by atoms with Gasteiger partial charge in [0, 0.05) is 6.07 Å². The molecule has 7 heteroatoms. The van der Waals surface area contributed by atoms with Crippen LogP contribution in [0, 0.1) is 0 Å². The van der Waals surface area contributed by atoms with E-state index in [-0.39, 0.29) is 6.61 Å². The van der Waals surface area contributed by atoms with Crippen molar-refractivity contribution in [3.8, 4) is 5.75 Å². The van der Waals surface area contributed by atoms with Gasteiger partial charge in [0.25, 0.3) is 0 Å². The van der Waals surface area contributed by atoms with Crippen molar-refractivity contribution in [2.24, 2.45) is 5.73 Å². The SMILES string of the molecule is NC(=O)OCc1ccc(COc2cccc(NOC(=O)c3ccccc3)c2)cc1. The molecule has 0 bridgehead atoms. The van der Waals surface area contributed by atoms with Gasteiger partial charge in [-0.05, 0) is 35.4 Å². The summed E-state index contributed by atoms with van der Waals surface area (Å²) in [6.07, 6.45) is -0.805. The molecule has 0 spiro atoms. The molecule has 3 aromatic rings. The molecule has 1 amide bonds. The van der Waals surface area contributed by atoms with Crippen LogP contribution in [0.15, 0.2) is 78.9 Å². The lowest BCUT2D eigenvalue weighted by molar-refractivity contribution is 0.0596. The van der Waals surface area contributed by atoms with E-state index in [1.807, 2.05) is 30.3 Å². The number of anilines is 1. The van der Waals surface area contributed by atoms with Gasteiger partial charge in [-0.3, -0.25) is 0 Å². The average Bonchev–Trinajstić information content (AvgIpc) is 2.76. The van der Waals surface area contributed by atoms with Crippen molar-refractivity contribution >= 4 is 17.7 Å². The van der Waals surface area contributed by atoms with Crippen LogP contribution in [-0.2, 0) is 22.8 Å². The summed E-state index contributed by atoms with van der Waals surface area (Å²) in [5.74, 6) is 0.143. The molecule has 0 aromatic heterocycles. The van der Waals surface area contributed by atoms with Gasteiger partial charge in [-0.1, -0.05) is 48.5 Å². The van der Waals surface area contributed by atoms with Crippen LogP contribution in [0.1, 0.15) is 21.5 Å². The molecule has 0 saturated carbocycles. The number of benzene rings is 3. The molecule has 3 rings (SSSR count). The van der Waals surface area contributed by atoms with Crippen LogP contribution >= 0.6 is 0 Å². The van der Waals surface area contributed by atoms with E-state index >= 15 is 0 Å². The van der Waals surface area contributed by atoms with E-state index in [0.29, 0.717) is 23.6 Å². The quantitative estimate of drug-likeness (QED) is 0.561. The number of carbonyl (C=O) groups is 2. The van der Waals surface area contributed by atoms with Gasteiger partial charge < -0.3 is 20.0 Å². The number of rotatable bonds is 8. The zero-order valence-corrected chi connectivity index (χ0v) is 15.5. The van der Waals surface area contributed by atoms with E-state index in [4.69, 9.17) is 20.0 Å². The summed E-state index contributed by atoms with van der Waals surface area (Å²) in [5, 5.41) is 0. The van der Waals surface area contributed by atoms with Crippen LogP contribution in [0.25, 0.3) is 0 Å². The summed E-state index contributed by atoms with van der Waals surface area (Å²) in [7, 11) is 0. The molecule has 0 aliphatic heterocycles. The Bertz CT molecular complexity index is 958. The number of nitrogens with two attached hydrogens (primary N) is 1. The molecular weight excluding hydrogens is 372 g/mol. The van der Waals surface area contributed by atoms with E-state index in [1.54, 1.807) is 48.5 Å². The summed E-state index contributed by atoms with van der Waals surface area (Å²) in [6, 6.07) is 23.2. The summed E-state index contributed by atoms with van der Waals surface area (Å²) < 4.78 is 10.5. The van der Waals surface area contributed by atoms with Crippen molar-refractivity contribution in [2.75, 3.05) is 5.48 Å². The van der Waals surface area contributed by atoms with Crippen molar-refractivity contribution in [2.45, 2.75) is 13.2 Å². The summed E-state index contributed by atoms with van der Waals surface area (Å²) in [4.78, 5) is 27.7. The monoisotopic (exact) mass is 392 g/mol. The fraction of sp³-hybridized carbons (Fsp3) is 0.0909. The summed E-state index contributed by atoms with van der Waals surface area (Å²) in [6.45, 7) is 0.482. The number of amides is 1. The minimum atomic E-state index is -0.805. The van der Waals surface area contributed by atoms with Crippen molar-refractivity contribution < 1.29 is 23.9 Å². The lowest BCUT2D eigenvalue weighted by atomic mass is 10.1. The Morgan fingerprint density at radius 3 is 2.21 bits per heavy atom. The van der Waals surface area contributed by atoms with Gasteiger partial charge in [0.2, 0.25) is 0 Å². The van der Waals surface area contributed by atoms with Crippen LogP contribution in [0.2, 0.25) is 0 Å². The zero-order chi connectivity index (χ0) is 20.5. The predicted octanol–water partition coefficient (Wildman–Crippen LogP) is 4.04. The topological polar surface area (TPSA) is 99.9 Å². The second-order valence-electron chi connectivity index (χ2n) is 6.10. The molecule has 7 nitrogen and oxygen atoms in total. The molecule has 0 atom stereocenters. The molecule has 29 heavy (non-hydrogen) atoms. The Kier molecular flexibility index (Phi) is 6.67. The van der Waals surface area contributed by atoms with Gasteiger partial charge >= 0.3 is 12.1 Å². The van der Waals surface area contributed by atoms with E-state index in [1.165, 1.54) is 0 Å². The molecule has 0 radical (unpaired) electrons. The predicted molar refractivity (Wildman–Crippen MR) is 107 cm³/mol. The van der Waals surface area contributed by atoms with Crippen molar-refractivity contribution in [3.63, 3.8) is 0 Å². The first-order valence-electron chi connectivity index (χ1n) is 8.85. The van der Waals surface area contributed by atoms with Crippen molar-refractivity contribution in [3.05, 3.63) is 95.6 Å². The standard InChI is InChI=1S/C22H20N2O5/c23-22(26)28-15-17-11-9-16(10-12-17)14-27-20-8-4-7-19(13-20)24-29-21(25)18-5-2-1-3-6-18/h1-13,24H,14-15H2,(H2,23,26). The Labute approximate surface area is 168 Å².